The van der Waals surface area contributed by atoms with E-state index < -0.39 is 54.0 Å². The first-order valence-electron chi connectivity index (χ1n) is 20.1. The van der Waals surface area contributed by atoms with E-state index in [0.717, 1.165) is 28.9 Å². The van der Waals surface area contributed by atoms with Gasteiger partial charge >= 0.3 is 12.1 Å². The molecular weight excluding hydrogens is 821 g/mol. The van der Waals surface area contributed by atoms with Crippen LogP contribution in [0.4, 0.5) is 10.5 Å². The van der Waals surface area contributed by atoms with Crippen molar-refractivity contribution < 1.29 is 33.8 Å². The van der Waals surface area contributed by atoms with E-state index in [4.69, 9.17) is 4.74 Å². The maximum Gasteiger partial charge on any atom is 0.408 e. The minimum absolute atomic E-state index is 0.00229. The van der Waals surface area contributed by atoms with Crippen molar-refractivity contribution in [2.75, 3.05) is 38.3 Å². The summed E-state index contributed by atoms with van der Waals surface area (Å²) in [7, 11) is 3.91. The van der Waals surface area contributed by atoms with Gasteiger partial charge in [-0.25, -0.2) is 19.6 Å². The van der Waals surface area contributed by atoms with E-state index in [-0.39, 0.29) is 19.4 Å². The number of H-pyrrole nitrogens is 1. The fourth-order valence-corrected chi connectivity index (χ4v) is 8.41. The zero-order valence-electron chi connectivity index (χ0n) is 34.6. The highest BCUT2D eigenvalue weighted by molar-refractivity contribution is 8.15. The molecule has 2 aromatic heterocycles. The van der Waals surface area contributed by atoms with Crippen LogP contribution in [0.1, 0.15) is 61.7 Å². The van der Waals surface area contributed by atoms with Crippen LogP contribution in [0.2, 0.25) is 0 Å². The van der Waals surface area contributed by atoms with Crippen LogP contribution in [0.25, 0.3) is 10.2 Å². The molecule has 0 unspecified atom stereocenters. The number of aliphatic carboxylic acids is 1. The average Bonchev–Trinajstić information content (AvgIpc) is 4.02. The highest BCUT2D eigenvalue weighted by Gasteiger charge is 2.31. The van der Waals surface area contributed by atoms with Crippen LogP contribution in [0.15, 0.2) is 78.3 Å². The number of aromatic amines is 1. The van der Waals surface area contributed by atoms with Crippen LogP contribution in [0.5, 0.6) is 0 Å². The van der Waals surface area contributed by atoms with E-state index in [9.17, 15) is 29.1 Å². The van der Waals surface area contributed by atoms with Crippen LogP contribution in [-0.2, 0) is 36.9 Å². The molecule has 0 fully saturated rings. The Balaban J connectivity index is 1.31. The van der Waals surface area contributed by atoms with E-state index in [1.54, 1.807) is 24.4 Å². The SMILES string of the molecule is C=C(C)NCCCC[C@H](NC(=O)[C@H](CCCCN(C)C)NC(=O)[C@H](Cc1cnc[nH]1)NC(=O)OCc1ccccc1)C(=O)Nc1ccc2nc(C3=N[C@@H](C(=O)O)CS3)sc2c1. The Labute approximate surface area is 363 Å². The summed E-state index contributed by atoms with van der Waals surface area (Å²) in [5, 5.41) is 25.1. The van der Waals surface area contributed by atoms with Gasteiger partial charge in [0.2, 0.25) is 17.7 Å². The number of nitrogens with zero attached hydrogens (tertiary/aromatic N) is 4. The summed E-state index contributed by atoms with van der Waals surface area (Å²) in [4.78, 5) is 84.6. The van der Waals surface area contributed by atoms with Gasteiger partial charge in [-0.05, 0) is 89.9 Å². The summed E-state index contributed by atoms with van der Waals surface area (Å²) in [6.07, 6.45) is 5.48. The number of anilines is 1. The predicted octanol–water partition coefficient (Wildman–Crippen LogP) is 4.44. The third-order valence-corrected chi connectivity index (χ3v) is 11.7. The van der Waals surface area contributed by atoms with Crippen molar-refractivity contribution in [1.82, 2.24) is 41.1 Å². The zero-order valence-corrected chi connectivity index (χ0v) is 36.2. The molecule has 0 aliphatic carbocycles. The monoisotopic (exact) mass is 874 g/mol. The molecule has 0 bridgehead atoms. The molecule has 5 rings (SSSR count). The molecule has 7 N–H and O–H groups in total. The van der Waals surface area contributed by atoms with Crippen LogP contribution in [-0.4, -0.2) is 117 Å². The summed E-state index contributed by atoms with van der Waals surface area (Å²) in [5.74, 6) is -2.23. The molecule has 0 saturated carbocycles. The number of nitrogens with one attached hydrogen (secondary N) is 6. The largest absolute Gasteiger partial charge is 0.480 e. The van der Waals surface area contributed by atoms with Gasteiger partial charge in [0.25, 0.3) is 0 Å². The third-order valence-electron chi connectivity index (χ3n) is 9.54. The normalized spacial score (nSPS) is 15.0. The number of thioether (sulfide) groups is 1. The molecule has 2 aromatic carbocycles. The van der Waals surface area contributed by atoms with Gasteiger partial charge in [0.1, 0.15) is 34.8 Å². The molecule has 4 aromatic rings. The Morgan fingerprint density at radius 2 is 1.67 bits per heavy atom. The fraction of sp³-hybridized carbons (Fsp3) is 0.429. The van der Waals surface area contributed by atoms with Gasteiger partial charge in [0.05, 0.1) is 16.5 Å². The number of amides is 4. The lowest BCUT2D eigenvalue weighted by Gasteiger charge is -2.25. The van der Waals surface area contributed by atoms with Crippen LogP contribution in [0.3, 0.4) is 0 Å². The number of benzene rings is 2. The van der Waals surface area contributed by atoms with Crippen molar-refractivity contribution in [2.24, 2.45) is 4.99 Å². The second-order valence-corrected chi connectivity index (χ2v) is 17.0. The predicted molar refractivity (Wildman–Crippen MR) is 237 cm³/mol. The van der Waals surface area contributed by atoms with Crippen LogP contribution >= 0.6 is 23.1 Å². The summed E-state index contributed by atoms with van der Waals surface area (Å²) < 4.78 is 6.18. The number of aromatic nitrogens is 3. The minimum Gasteiger partial charge on any atom is -0.480 e. The maximum atomic E-state index is 14.2. The highest BCUT2D eigenvalue weighted by Crippen LogP contribution is 2.31. The van der Waals surface area contributed by atoms with E-state index in [0.29, 0.717) is 64.9 Å². The number of fused-ring (bicyclic) bond motifs is 1. The number of aliphatic imine (C=N–C) groups is 1. The number of hydrogen-bond donors (Lipinski definition) is 7. The van der Waals surface area contributed by atoms with Gasteiger partial charge in [-0.3, -0.25) is 19.4 Å². The quantitative estimate of drug-likeness (QED) is 0.0485. The second kappa shape index (κ2) is 23.3. The van der Waals surface area contributed by atoms with Gasteiger partial charge in [-0.1, -0.05) is 36.9 Å². The highest BCUT2D eigenvalue weighted by atomic mass is 32.2. The van der Waals surface area contributed by atoms with Crippen molar-refractivity contribution in [3.63, 3.8) is 0 Å². The minimum atomic E-state index is -1.12. The van der Waals surface area contributed by atoms with Gasteiger partial charge in [0.15, 0.2) is 6.04 Å². The van der Waals surface area contributed by atoms with E-state index >= 15 is 0 Å². The van der Waals surface area contributed by atoms with Gasteiger partial charge in [0, 0.05) is 42.0 Å². The second-order valence-electron chi connectivity index (χ2n) is 15.0. The molecular formula is C42H54N10O7S2. The molecule has 1 aliphatic heterocycles. The number of carbonyl (C=O) groups excluding carboxylic acids is 4. The summed E-state index contributed by atoms with van der Waals surface area (Å²) in [6.45, 7) is 7.14. The lowest BCUT2D eigenvalue weighted by molar-refractivity contribution is -0.137. The van der Waals surface area contributed by atoms with Gasteiger partial charge < -0.3 is 46.3 Å². The summed E-state index contributed by atoms with van der Waals surface area (Å²) in [6, 6.07) is 10.5. The Morgan fingerprint density at radius 1 is 0.951 bits per heavy atom. The molecule has 0 spiro atoms. The van der Waals surface area contributed by atoms with E-state index in [1.165, 1.54) is 29.4 Å². The smallest absolute Gasteiger partial charge is 0.408 e. The number of carboxylic acids is 1. The molecule has 17 nitrogen and oxygen atoms in total. The molecule has 4 amide bonds. The number of imidazole rings is 1. The Kier molecular flexibility index (Phi) is 17.7. The van der Waals surface area contributed by atoms with Crippen molar-refractivity contribution in [1.29, 1.82) is 0 Å². The topological polar surface area (TPSA) is 232 Å². The summed E-state index contributed by atoms with van der Waals surface area (Å²) >= 11 is 2.69. The maximum absolute atomic E-state index is 14.2. The number of rotatable bonds is 24. The zero-order chi connectivity index (χ0) is 43.7. The third kappa shape index (κ3) is 15.0. The van der Waals surface area contributed by atoms with Crippen molar-refractivity contribution in [3.05, 3.63) is 89.6 Å². The molecule has 326 valence electrons. The number of allylic oxidation sites excluding steroid dienone is 1. The number of unbranched alkanes of at least 4 members (excludes halogenated alkanes) is 2. The first-order valence-corrected chi connectivity index (χ1v) is 21.9. The van der Waals surface area contributed by atoms with Crippen molar-refractivity contribution in [3.8, 4) is 0 Å². The Bertz CT molecular complexity index is 2150. The lowest BCUT2D eigenvalue weighted by atomic mass is 10.0. The first kappa shape index (κ1) is 46.3. The number of alkyl carbamates (subject to hydrolysis) is 1. The van der Waals surface area contributed by atoms with Gasteiger partial charge in [-0.15, -0.1) is 23.1 Å². The number of carbonyl (C=O) groups is 5. The number of thiazole rings is 1. The molecule has 19 heteroatoms. The molecule has 4 atom stereocenters. The van der Waals surface area contributed by atoms with E-state index in [1.807, 2.05) is 56.3 Å². The molecule has 0 radical (unpaired) electrons. The standard InChI is InChI=1S/C42H54N10O7S2/c1-26(2)44-18-10-8-14-31(36(53)46-28-16-17-30-35(21-28)61-40(49-30)39-50-34(24-60-39)41(56)57)47-37(54)32(15-9-11-19-52(3)4)48-38(55)33(20-29-22-43-25-45-29)51-42(58)59-23-27-12-6-5-7-13-27/h5-7,12-13,16-17,21-22,25,31-34,44H,1,8-11,14-15,18-20,23-24H2,2-4H3,(H,43,45)(H,46,53)(H,47,54)(H,48,55)(H,51,58)(H,56,57)/t31-,32-,33-,34+/m0/s1. The Morgan fingerprint density at radius 3 is 2.34 bits per heavy atom. The molecule has 1 aliphatic rings. The number of ether oxygens (including phenoxy) is 1. The van der Waals surface area contributed by atoms with Crippen molar-refractivity contribution >= 4 is 73.8 Å². The lowest BCUT2D eigenvalue weighted by Crippen LogP contribution is -2.56. The fourth-order valence-electron chi connectivity index (χ4n) is 6.31. The molecule has 0 saturated heterocycles. The number of carboxylic acid groups (broad SMARTS) is 1. The summed E-state index contributed by atoms with van der Waals surface area (Å²) in [5.41, 5.74) is 3.34. The molecule has 61 heavy (non-hydrogen) atoms. The Hall–Kier alpha value is -5.79. The molecule has 3 heterocycles. The number of hydrogen-bond acceptors (Lipinski definition) is 13. The average molecular weight is 875 g/mol. The van der Waals surface area contributed by atoms with Crippen LogP contribution < -0.4 is 26.6 Å². The van der Waals surface area contributed by atoms with Gasteiger partial charge in [-0.2, -0.15) is 0 Å². The van der Waals surface area contributed by atoms with Crippen molar-refractivity contribution in [2.45, 2.75) is 82.6 Å². The van der Waals surface area contributed by atoms with E-state index in [2.05, 4.69) is 53.1 Å². The van der Waals surface area contributed by atoms with Crippen LogP contribution in [0, 0.1) is 0 Å². The first-order chi connectivity index (χ1) is 29.3.